The van der Waals surface area contributed by atoms with Crippen LogP contribution in [-0.2, 0) is 0 Å². The summed E-state index contributed by atoms with van der Waals surface area (Å²) in [7, 11) is 0. The molecule has 0 amide bonds. The highest BCUT2D eigenvalue weighted by molar-refractivity contribution is 6.35. The minimum absolute atomic E-state index is 0.267. The van der Waals surface area contributed by atoms with Crippen molar-refractivity contribution in [1.29, 1.82) is 0 Å². The van der Waals surface area contributed by atoms with Crippen LogP contribution in [0.5, 0.6) is 0 Å². The average Bonchev–Trinajstić information content (AvgIpc) is 2.20. The Morgan fingerprint density at radius 3 is 2.60 bits per heavy atom. The van der Waals surface area contributed by atoms with Crippen molar-refractivity contribution < 1.29 is 0 Å². The van der Waals surface area contributed by atoms with Crippen LogP contribution < -0.4 is 10.6 Å². The summed E-state index contributed by atoms with van der Waals surface area (Å²) in [6.07, 6.45) is 0. The molecule has 1 aromatic rings. The van der Waals surface area contributed by atoms with Gasteiger partial charge in [-0.1, -0.05) is 29.3 Å². The largest absolute Gasteiger partial charge is 0.311 e. The topological polar surface area (TPSA) is 24.1 Å². The first kappa shape index (κ1) is 11.2. The van der Waals surface area contributed by atoms with Gasteiger partial charge in [0.1, 0.15) is 0 Å². The van der Waals surface area contributed by atoms with E-state index in [1.165, 1.54) is 0 Å². The van der Waals surface area contributed by atoms with E-state index in [1.54, 1.807) is 6.07 Å². The molecular weight excluding hydrogens is 231 g/mol. The van der Waals surface area contributed by atoms with Crippen molar-refractivity contribution in [2.75, 3.05) is 13.1 Å². The van der Waals surface area contributed by atoms with E-state index >= 15 is 0 Å². The van der Waals surface area contributed by atoms with E-state index < -0.39 is 0 Å². The van der Waals surface area contributed by atoms with Crippen LogP contribution >= 0.6 is 23.2 Å². The number of piperazine rings is 1. The highest BCUT2D eigenvalue weighted by Gasteiger charge is 2.23. The number of rotatable bonds is 1. The first-order valence-corrected chi connectivity index (χ1v) is 5.86. The highest BCUT2D eigenvalue weighted by Crippen LogP contribution is 2.28. The molecule has 4 heteroatoms. The zero-order valence-electron chi connectivity index (χ0n) is 8.56. The molecule has 1 aliphatic heterocycles. The smallest absolute Gasteiger partial charge is 0.0488 e. The molecule has 2 atom stereocenters. The molecular formula is C11H14Cl2N2. The summed E-state index contributed by atoms with van der Waals surface area (Å²) >= 11 is 12.0. The average molecular weight is 245 g/mol. The van der Waals surface area contributed by atoms with Gasteiger partial charge in [0.25, 0.3) is 0 Å². The SMILES string of the molecule is CC1NCCNC1c1ccc(Cl)cc1Cl. The van der Waals surface area contributed by atoms with Crippen molar-refractivity contribution in [3.05, 3.63) is 33.8 Å². The van der Waals surface area contributed by atoms with Crippen molar-refractivity contribution in [3.63, 3.8) is 0 Å². The zero-order chi connectivity index (χ0) is 10.8. The van der Waals surface area contributed by atoms with E-state index in [1.807, 2.05) is 12.1 Å². The van der Waals surface area contributed by atoms with Crippen molar-refractivity contribution in [2.24, 2.45) is 0 Å². The van der Waals surface area contributed by atoms with Crippen LogP contribution in [0.15, 0.2) is 18.2 Å². The monoisotopic (exact) mass is 244 g/mol. The fraction of sp³-hybridized carbons (Fsp3) is 0.455. The van der Waals surface area contributed by atoms with Gasteiger partial charge in [-0.15, -0.1) is 0 Å². The van der Waals surface area contributed by atoms with Gasteiger partial charge in [0.2, 0.25) is 0 Å². The quantitative estimate of drug-likeness (QED) is 0.794. The Morgan fingerprint density at radius 2 is 1.93 bits per heavy atom. The van der Waals surface area contributed by atoms with Crippen LogP contribution in [0, 0.1) is 0 Å². The van der Waals surface area contributed by atoms with Crippen molar-refractivity contribution in [3.8, 4) is 0 Å². The van der Waals surface area contributed by atoms with Gasteiger partial charge in [0.05, 0.1) is 0 Å². The van der Waals surface area contributed by atoms with E-state index in [0.717, 1.165) is 23.7 Å². The van der Waals surface area contributed by atoms with Crippen molar-refractivity contribution >= 4 is 23.2 Å². The Balaban J connectivity index is 2.27. The summed E-state index contributed by atoms with van der Waals surface area (Å²) in [5, 5.41) is 8.29. The zero-order valence-corrected chi connectivity index (χ0v) is 10.1. The Bertz CT molecular complexity index is 354. The number of hydrogen-bond donors (Lipinski definition) is 2. The molecule has 2 rings (SSSR count). The predicted molar refractivity (Wildman–Crippen MR) is 64.7 cm³/mol. The molecule has 15 heavy (non-hydrogen) atoms. The fourth-order valence-electron chi connectivity index (χ4n) is 1.96. The molecule has 1 aliphatic rings. The second kappa shape index (κ2) is 4.71. The van der Waals surface area contributed by atoms with Gasteiger partial charge < -0.3 is 10.6 Å². The van der Waals surface area contributed by atoms with Gasteiger partial charge in [0, 0.05) is 35.2 Å². The van der Waals surface area contributed by atoms with Crippen LogP contribution in [0.3, 0.4) is 0 Å². The third-order valence-electron chi connectivity index (χ3n) is 2.75. The number of nitrogens with one attached hydrogen (secondary N) is 2. The Hall–Kier alpha value is -0.280. The molecule has 0 aromatic heterocycles. The van der Waals surface area contributed by atoms with Crippen LogP contribution in [0.1, 0.15) is 18.5 Å². The Labute approximate surface area is 100.0 Å². The molecule has 1 aromatic carbocycles. The number of halogens is 2. The van der Waals surface area contributed by atoms with E-state index in [2.05, 4.69) is 17.6 Å². The van der Waals surface area contributed by atoms with E-state index in [0.29, 0.717) is 11.1 Å². The third kappa shape index (κ3) is 2.45. The first-order chi connectivity index (χ1) is 7.18. The molecule has 0 spiro atoms. The molecule has 0 radical (unpaired) electrons. The predicted octanol–water partition coefficient (Wildman–Crippen LogP) is 2.62. The van der Waals surface area contributed by atoms with Crippen LogP contribution in [0.25, 0.3) is 0 Å². The molecule has 2 nitrogen and oxygen atoms in total. The normalized spacial score (nSPS) is 26.6. The van der Waals surface area contributed by atoms with Crippen LogP contribution in [0.2, 0.25) is 10.0 Å². The van der Waals surface area contributed by atoms with E-state index in [9.17, 15) is 0 Å². The molecule has 0 bridgehead atoms. The summed E-state index contributed by atoms with van der Waals surface area (Å²) < 4.78 is 0. The van der Waals surface area contributed by atoms with Gasteiger partial charge in [-0.3, -0.25) is 0 Å². The molecule has 1 heterocycles. The lowest BCUT2D eigenvalue weighted by Crippen LogP contribution is -2.49. The van der Waals surface area contributed by atoms with E-state index in [-0.39, 0.29) is 6.04 Å². The van der Waals surface area contributed by atoms with Crippen molar-refractivity contribution in [2.45, 2.75) is 19.0 Å². The fourth-order valence-corrected chi connectivity index (χ4v) is 2.48. The first-order valence-electron chi connectivity index (χ1n) is 5.10. The highest BCUT2D eigenvalue weighted by atomic mass is 35.5. The maximum Gasteiger partial charge on any atom is 0.0488 e. The summed E-state index contributed by atoms with van der Waals surface area (Å²) in [5.41, 5.74) is 1.11. The second-order valence-electron chi connectivity index (χ2n) is 3.84. The Kier molecular flexibility index (Phi) is 3.52. The van der Waals surface area contributed by atoms with Gasteiger partial charge in [-0.25, -0.2) is 0 Å². The lowest BCUT2D eigenvalue weighted by molar-refractivity contribution is 0.345. The molecule has 0 aliphatic carbocycles. The Morgan fingerprint density at radius 1 is 1.20 bits per heavy atom. The number of benzene rings is 1. The van der Waals surface area contributed by atoms with Gasteiger partial charge in [-0.05, 0) is 24.6 Å². The lowest BCUT2D eigenvalue weighted by Gasteiger charge is -2.32. The minimum Gasteiger partial charge on any atom is -0.311 e. The van der Waals surface area contributed by atoms with Gasteiger partial charge in [-0.2, -0.15) is 0 Å². The summed E-state index contributed by atoms with van der Waals surface area (Å²) in [5.74, 6) is 0. The van der Waals surface area contributed by atoms with Gasteiger partial charge >= 0.3 is 0 Å². The molecule has 0 saturated carbocycles. The molecule has 2 N–H and O–H groups in total. The molecule has 1 saturated heterocycles. The summed E-state index contributed by atoms with van der Waals surface area (Å²) in [6, 6.07) is 6.32. The summed E-state index contributed by atoms with van der Waals surface area (Å²) in [6.45, 7) is 4.12. The third-order valence-corrected chi connectivity index (χ3v) is 3.32. The lowest BCUT2D eigenvalue weighted by atomic mass is 9.98. The maximum absolute atomic E-state index is 6.18. The second-order valence-corrected chi connectivity index (χ2v) is 4.68. The summed E-state index contributed by atoms with van der Waals surface area (Å²) in [4.78, 5) is 0. The van der Waals surface area contributed by atoms with Crippen LogP contribution in [0.4, 0.5) is 0 Å². The molecule has 2 unspecified atom stereocenters. The molecule has 82 valence electrons. The van der Waals surface area contributed by atoms with Gasteiger partial charge in [0.15, 0.2) is 0 Å². The van der Waals surface area contributed by atoms with E-state index in [4.69, 9.17) is 23.2 Å². The standard InChI is InChI=1S/C11H14Cl2N2/c1-7-11(15-5-4-14-7)9-3-2-8(12)6-10(9)13/h2-3,6-7,11,14-15H,4-5H2,1H3. The maximum atomic E-state index is 6.18. The minimum atomic E-state index is 0.267. The molecule has 1 fully saturated rings. The van der Waals surface area contributed by atoms with Crippen molar-refractivity contribution in [1.82, 2.24) is 10.6 Å². The van der Waals surface area contributed by atoms with Crippen LogP contribution in [-0.4, -0.2) is 19.1 Å². The number of hydrogen-bond acceptors (Lipinski definition) is 2.